The number of carbonyl (C=O) groups excluding carboxylic acids is 2. The maximum atomic E-state index is 12.0. The second kappa shape index (κ2) is 5.84. The van der Waals surface area contributed by atoms with E-state index >= 15 is 0 Å². The Morgan fingerprint density at radius 2 is 2.11 bits per heavy atom. The highest BCUT2D eigenvalue weighted by Gasteiger charge is 2.19. The van der Waals surface area contributed by atoms with Crippen LogP contribution in [0, 0.1) is 0 Å². The number of amides is 1. The molecule has 0 bridgehead atoms. The number of esters is 1. The number of ether oxygens (including phenoxy) is 2. The van der Waals surface area contributed by atoms with E-state index in [1.54, 1.807) is 26.0 Å². The summed E-state index contributed by atoms with van der Waals surface area (Å²) in [6, 6.07) is 4.76. The van der Waals surface area contributed by atoms with Gasteiger partial charge in [-0.15, -0.1) is 0 Å². The molecular formula is C14H17NO4. The lowest BCUT2D eigenvalue weighted by atomic mass is 10.1. The first kappa shape index (κ1) is 13.5. The van der Waals surface area contributed by atoms with Gasteiger partial charge in [-0.1, -0.05) is 6.07 Å². The molecule has 0 saturated heterocycles. The summed E-state index contributed by atoms with van der Waals surface area (Å²) < 4.78 is 10.1. The molecule has 1 heterocycles. The number of carbonyl (C=O) groups is 2. The SMILES string of the molecule is CCOC(=O)[C@H](C)NC(=O)c1ccc2c(c1)COC2. The normalized spacial score (nSPS) is 14.6. The first-order valence-corrected chi connectivity index (χ1v) is 6.29. The Morgan fingerprint density at radius 1 is 1.37 bits per heavy atom. The average molecular weight is 263 g/mol. The summed E-state index contributed by atoms with van der Waals surface area (Å²) in [6.45, 7) is 4.76. The Balaban J connectivity index is 2.02. The van der Waals surface area contributed by atoms with Crippen molar-refractivity contribution in [3.05, 3.63) is 34.9 Å². The van der Waals surface area contributed by atoms with E-state index in [1.807, 2.05) is 6.07 Å². The molecule has 19 heavy (non-hydrogen) atoms. The van der Waals surface area contributed by atoms with E-state index in [9.17, 15) is 9.59 Å². The van der Waals surface area contributed by atoms with Crippen molar-refractivity contribution >= 4 is 11.9 Å². The van der Waals surface area contributed by atoms with Gasteiger partial charge < -0.3 is 14.8 Å². The average Bonchev–Trinajstić information content (AvgIpc) is 2.85. The van der Waals surface area contributed by atoms with Gasteiger partial charge >= 0.3 is 5.97 Å². The number of hydrogen-bond acceptors (Lipinski definition) is 4. The van der Waals surface area contributed by atoms with Crippen molar-refractivity contribution in [2.24, 2.45) is 0 Å². The van der Waals surface area contributed by atoms with Crippen molar-refractivity contribution in [3.8, 4) is 0 Å². The quantitative estimate of drug-likeness (QED) is 0.834. The number of fused-ring (bicyclic) bond motifs is 1. The molecule has 1 atom stereocenters. The van der Waals surface area contributed by atoms with Crippen molar-refractivity contribution in [2.75, 3.05) is 6.61 Å². The van der Waals surface area contributed by atoms with Crippen molar-refractivity contribution in [1.82, 2.24) is 5.32 Å². The second-order valence-electron chi connectivity index (χ2n) is 4.42. The molecule has 1 N–H and O–H groups in total. The van der Waals surface area contributed by atoms with Crippen molar-refractivity contribution in [3.63, 3.8) is 0 Å². The molecule has 5 heteroatoms. The molecule has 0 aromatic heterocycles. The van der Waals surface area contributed by atoms with E-state index in [4.69, 9.17) is 9.47 Å². The molecule has 1 aliphatic rings. The van der Waals surface area contributed by atoms with E-state index in [-0.39, 0.29) is 5.91 Å². The minimum Gasteiger partial charge on any atom is -0.464 e. The highest BCUT2D eigenvalue weighted by atomic mass is 16.5. The van der Waals surface area contributed by atoms with Gasteiger partial charge in [0.15, 0.2) is 0 Å². The summed E-state index contributed by atoms with van der Waals surface area (Å²) in [7, 11) is 0. The van der Waals surface area contributed by atoms with Crippen LogP contribution in [-0.4, -0.2) is 24.5 Å². The van der Waals surface area contributed by atoms with Gasteiger partial charge in [0.1, 0.15) is 6.04 Å². The summed E-state index contributed by atoms with van der Waals surface area (Å²) in [6.07, 6.45) is 0. The van der Waals surface area contributed by atoms with E-state index in [1.165, 1.54) is 0 Å². The molecule has 102 valence electrons. The van der Waals surface area contributed by atoms with Crippen LogP contribution in [0.5, 0.6) is 0 Å². The summed E-state index contributed by atoms with van der Waals surface area (Å²) >= 11 is 0. The van der Waals surface area contributed by atoms with Crippen LogP contribution in [0.1, 0.15) is 35.3 Å². The molecule has 1 aromatic rings. The van der Waals surface area contributed by atoms with Crippen LogP contribution in [0.2, 0.25) is 0 Å². The minimum absolute atomic E-state index is 0.282. The molecule has 0 unspecified atom stereocenters. The van der Waals surface area contributed by atoms with Crippen LogP contribution in [0.4, 0.5) is 0 Å². The highest BCUT2D eigenvalue weighted by molar-refractivity contribution is 5.96. The second-order valence-corrected chi connectivity index (χ2v) is 4.42. The third-order valence-corrected chi connectivity index (χ3v) is 2.97. The molecule has 0 spiro atoms. The lowest BCUT2D eigenvalue weighted by Crippen LogP contribution is -2.39. The Hall–Kier alpha value is -1.88. The molecule has 2 rings (SSSR count). The summed E-state index contributed by atoms with van der Waals surface area (Å²) in [5.41, 5.74) is 2.66. The fourth-order valence-electron chi connectivity index (χ4n) is 1.92. The number of hydrogen-bond donors (Lipinski definition) is 1. The first-order valence-electron chi connectivity index (χ1n) is 6.29. The molecule has 1 aliphatic heterocycles. The van der Waals surface area contributed by atoms with Crippen LogP contribution >= 0.6 is 0 Å². The van der Waals surface area contributed by atoms with Crippen molar-refractivity contribution in [1.29, 1.82) is 0 Å². The maximum Gasteiger partial charge on any atom is 0.328 e. The first-order chi connectivity index (χ1) is 9.11. The summed E-state index contributed by atoms with van der Waals surface area (Å²) in [5.74, 6) is -0.712. The number of nitrogens with one attached hydrogen (secondary N) is 1. The lowest BCUT2D eigenvalue weighted by molar-refractivity contribution is -0.144. The van der Waals surface area contributed by atoms with Crippen LogP contribution in [0.25, 0.3) is 0 Å². The maximum absolute atomic E-state index is 12.0. The third-order valence-electron chi connectivity index (χ3n) is 2.97. The van der Waals surface area contributed by atoms with Gasteiger partial charge in [0.2, 0.25) is 0 Å². The Bertz CT molecular complexity index is 498. The molecule has 0 fully saturated rings. The van der Waals surface area contributed by atoms with Crippen LogP contribution in [0.15, 0.2) is 18.2 Å². The molecule has 1 amide bonds. The zero-order valence-electron chi connectivity index (χ0n) is 11.1. The predicted octanol–water partition coefficient (Wildman–Crippen LogP) is 1.40. The fraction of sp³-hybridized carbons (Fsp3) is 0.429. The predicted molar refractivity (Wildman–Crippen MR) is 68.5 cm³/mol. The largest absolute Gasteiger partial charge is 0.464 e. The van der Waals surface area contributed by atoms with Crippen molar-refractivity contribution < 1.29 is 19.1 Å². The zero-order chi connectivity index (χ0) is 13.8. The summed E-state index contributed by atoms with van der Waals surface area (Å²) in [4.78, 5) is 23.4. The van der Waals surface area contributed by atoms with Gasteiger partial charge in [-0.05, 0) is 37.1 Å². The highest BCUT2D eigenvalue weighted by Crippen LogP contribution is 2.20. The Kier molecular flexibility index (Phi) is 4.16. The molecule has 0 saturated carbocycles. The molecule has 0 aliphatic carbocycles. The topological polar surface area (TPSA) is 64.6 Å². The van der Waals surface area contributed by atoms with Gasteiger partial charge in [0.25, 0.3) is 5.91 Å². The van der Waals surface area contributed by atoms with E-state index in [2.05, 4.69) is 5.32 Å². The van der Waals surface area contributed by atoms with Crippen LogP contribution in [-0.2, 0) is 27.5 Å². The third kappa shape index (κ3) is 3.12. The molecule has 0 radical (unpaired) electrons. The Labute approximate surface area is 111 Å². The number of benzene rings is 1. The van der Waals surface area contributed by atoms with Crippen LogP contribution < -0.4 is 5.32 Å². The van der Waals surface area contributed by atoms with Gasteiger partial charge in [-0.3, -0.25) is 4.79 Å². The lowest BCUT2D eigenvalue weighted by Gasteiger charge is -2.13. The van der Waals surface area contributed by atoms with Crippen molar-refractivity contribution in [2.45, 2.75) is 33.1 Å². The van der Waals surface area contributed by atoms with Crippen LogP contribution in [0.3, 0.4) is 0 Å². The standard InChI is InChI=1S/C14H17NO4/c1-3-19-14(17)9(2)15-13(16)10-4-5-11-7-18-8-12(11)6-10/h4-6,9H,3,7-8H2,1-2H3,(H,15,16)/t9-/m0/s1. The molecule has 5 nitrogen and oxygen atoms in total. The van der Waals surface area contributed by atoms with Gasteiger partial charge in [0.05, 0.1) is 19.8 Å². The molecule has 1 aromatic carbocycles. The van der Waals surface area contributed by atoms with E-state index < -0.39 is 12.0 Å². The van der Waals surface area contributed by atoms with E-state index in [0.29, 0.717) is 25.4 Å². The summed E-state index contributed by atoms with van der Waals surface area (Å²) in [5, 5.41) is 2.62. The monoisotopic (exact) mass is 263 g/mol. The number of rotatable bonds is 4. The van der Waals surface area contributed by atoms with E-state index in [0.717, 1.165) is 11.1 Å². The molecular weight excluding hydrogens is 246 g/mol. The van der Waals surface area contributed by atoms with Gasteiger partial charge in [0, 0.05) is 5.56 Å². The fourth-order valence-corrected chi connectivity index (χ4v) is 1.92. The van der Waals surface area contributed by atoms with Gasteiger partial charge in [-0.25, -0.2) is 4.79 Å². The van der Waals surface area contributed by atoms with Gasteiger partial charge in [-0.2, -0.15) is 0 Å². The zero-order valence-corrected chi connectivity index (χ0v) is 11.1. The smallest absolute Gasteiger partial charge is 0.328 e. The minimum atomic E-state index is -0.656. The Morgan fingerprint density at radius 3 is 2.84 bits per heavy atom.